The zero-order valence-electron chi connectivity index (χ0n) is 22.8. The number of nitrogens with one attached hydrogen (secondary N) is 1. The number of benzene rings is 3. The molecule has 3 aromatic rings. The molecular weight excluding hydrogens is 528 g/mol. The Bertz CT molecular complexity index is 1390. The molecule has 4 amide bonds. The highest BCUT2D eigenvalue weighted by molar-refractivity contribution is 6.30. The van der Waals surface area contributed by atoms with Crippen molar-refractivity contribution in [2.45, 2.75) is 45.2 Å². The van der Waals surface area contributed by atoms with Crippen LogP contribution in [0.5, 0.6) is 0 Å². The molecule has 1 aliphatic rings. The molecule has 3 aromatic carbocycles. The van der Waals surface area contributed by atoms with Gasteiger partial charge in [-0.3, -0.25) is 19.2 Å². The average molecular weight is 563 g/mol. The Hall–Kier alpha value is -3.91. The quantitative estimate of drug-likeness (QED) is 0.394. The molecule has 0 radical (unpaired) electrons. The van der Waals surface area contributed by atoms with Crippen molar-refractivity contribution < 1.29 is 19.2 Å². The first-order chi connectivity index (χ1) is 19.2. The van der Waals surface area contributed by atoms with Crippen molar-refractivity contribution >= 4 is 46.0 Å². The molecule has 1 heterocycles. The summed E-state index contributed by atoms with van der Waals surface area (Å²) in [5, 5.41) is 5.51. The summed E-state index contributed by atoms with van der Waals surface area (Å²) in [6.07, 6.45) is 1.09. The number of amides is 4. The maximum absolute atomic E-state index is 13.6. The maximum atomic E-state index is 13.6. The van der Waals surface area contributed by atoms with Crippen LogP contribution in [0.3, 0.4) is 0 Å². The number of hydrogen-bond acceptors (Lipinski definition) is 4. The normalized spacial score (nSPS) is 17.0. The van der Waals surface area contributed by atoms with Crippen molar-refractivity contribution in [3.63, 3.8) is 0 Å². The Labute approximate surface area is 239 Å². The Morgan fingerprint density at radius 1 is 0.975 bits per heavy atom. The molecule has 210 valence electrons. The fourth-order valence-electron chi connectivity index (χ4n) is 5.35. The summed E-state index contributed by atoms with van der Waals surface area (Å²) in [5.74, 6) is -1.90. The number of fused-ring (bicyclic) bond motifs is 1. The van der Waals surface area contributed by atoms with Gasteiger partial charge in [-0.1, -0.05) is 73.1 Å². The molecule has 1 saturated heterocycles. The molecule has 3 atom stereocenters. The van der Waals surface area contributed by atoms with Crippen LogP contribution in [-0.4, -0.2) is 65.1 Å². The van der Waals surface area contributed by atoms with Gasteiger partial charge in [-0.05, 0) is 46.9 Å². The highest BCUT2D eigenvalue weighted by Gasteiger charge is 2.40. The molecule has 0 aliphatic carbocycles. The summed E-state index contributed by atoms with van der Waals surface area (Å²) < 4.78 is 0. The van der Waals surface area contributed by atoms with Gasteiger partial charge < -0.3 is 20.9 Å². The van der Waals surface area contributed by atoms with E-state index in [1.165, 1.54) is 6.92 Å². The molecule has 40 heavy (non-hydrogen) atoms. The molecule has 3 unspecified atom stereocenters. The number of carbonyl (C=O) groups is 4. The van der Waals surface area contributed by atoms with Gasteiger partial charge in [0.05, 0.1) is 5.92 Å². The predicted molar refractivity (Wildman–Crippen MR) is 155 cm³/mol. The monoisotopic (exact) mass is 562 g/mol. The molecule has 1 aliphatic heterocycles. The minimum Gasteiger partial charge on any atom is -0.369 e. The maximum Gasteiger partial charge on any atom is 0.246 e. The van der Waals surface area contributed by atoms with E-state index in [1.54, 1.807) is 21.9 Å². The van der Waals surface area contributed by atoms with Crippen LogP contribution in [0.25, 0.3) is 10.8 Å². The number of piperazine rings is 1. The van der Waals surface area contributed by atoms with E-state index in [4.69, 9.17) is 17.3 Å². The smallest absolute Gasteiger partial charge is 0.246 e. The van der Waals surface area contributed by atoms with Gasteiger partial charge in [-0.2, -0.15) is 0 Å². The summed E-state index contributed by atoms with van der Waals surface area (Å²) in [7, 11) is 0. The lowest BCUT2D eigenvalue weighted by molar-refractivity contribution is -0.154. The zero-order valence-corrected chi connectivity index (χ0v) is 23.6. The Balaban J connectivity index is 1.47. The van der Waals surface area contributed by atoms with Gasteiger partial charge in [0.25, 0.3) is 0 Å². The molecule has 0 saturated carbocycles. The Morgan fingerprint density at radius 3 is 2.30 bits per heavy atom. The first-order valence-electron chi connectivity index (χ1n) is 13.5. The number of halogens is 1. The number of rotatable bonds is 10. The number of carbonyl (C=O) groups excluding carboxylic acids is 4. The van der Waals surface area contributed by atoms with Crippen LogP contribution < -0.4 is 11.1 Å². The molecule has 8 nitrogen and oxygen atoms in total. The molecule has 9 heteroatoms. The molecule has 4 rings (SSSR count). The third-order valence-electron chi connectivity index (χ3n) is 7.42. The van der Waals surface area contributed by atoms with Gasteiger partial charge in [0.15, 0.2) is 0 Å². The van der Waals surface area contributed by atoms with E-state index >= 15 is 0 Å². The van der Waals surface area contributed by atoms with Gasteiger partial charge in [0.2, 0.25) is 23.6 Å². The summed E-state index contributed by atoms with van der Waals surface area (Å²) in [5.41, 5.74) is 7.59. The second-order valence-corrected chi connectivity index (χ2v) is 10.7. The van der Waals surface area contributed by atoms with E-state index in [1.807, 2.05) is 61.5 Å². The van der Waals surface area contributed by atoms with Crippen molar-refractivity contribution in [2.75, 3.05) is 19.6 Å². The lowest BCUT2D eigenvalue weighted by atomic mass is 9.95. The molecule has 3 N–H and O–H groups in total. The summed E-state index contributed by atoms with van der Waals surface area (Å²) in [6, 6.07) is 19.6. The standard InChI is InChI=1S/C31H35ClN4O4/c1-3-28-31(40)35(19-25(29(33)38)17-22-8-11-23-6-4-5-7-24(23)16-22)14-15-36(28)30(39)27(34-20(2)37)18-21-9-12-26(32)13-10-21/h4-13,16,25,27-28H,3,14-15,17-19H2,1-2H3,(H2,33,38)(H,34,37). The highest BCUT2D eigenvalue weighted by atomic mass is 35.5. The molecule has 0 bridgehead atoms. The topological polar surface area (TPSA) is 113 Å². The van der Waals surface area contributed by atoms with E-state index in [-0.39, 0.29) is 37.2 Å². The summed E-state index contributed by atoms with van der Waals surface area (Å²) in [6.45, 7) is 3.96. The van der Waals surface area contributed by atoms with Gasteiger partial charge >= 0.3 is 0 Å². The Morgan fingerprint density at radius 2 is 1.65 bits per heavy atom. The second-order valence-electron chi connectivity index (χ2n) is 10.3. The first-order valence-corrected chi connectivity index (χ1v) is 13.9. The number of nitrogens with two attached hydrogens (primary N) is 1. The van der Waals surface area contributed by atoms with Crippen LogP contribution in [0, 0.1) is 5.92 Å². The number of primary amides is 1. The fraction of sp³-hybridized carbons (Fsp3) is 0.355. The van der Waals surface area contributed by atoms with Gasteiger partial charge in [-0.25, -0.2) is 0 Å². The van der Waals surface area contributed by atoms with Crippen molar-refractivity contribution in [1.82, 2.24) is 15.1 Å². The highest BCUT2D eigenvalue weighted by Crippen LogP contribution is 2.22. The summed E-state index contributed by atoms with van der Waals surface area (Å²) in [4.78, 5) is 54.8. The SMILES string of the molecule is CCC1C(=O)N(CC(Cc2ccc3ccccc3c2)C(N)=O)CCN1C(=O)C(Cc1ccc(Cl)cc1)NC(C)=O. The predicted octanol–water partition coefficient (Wildman–Crippen LogP) is 3.33. The van der Waals surface area contributed by atoms with Crippen LogP contribution in [0.4, 0.5) is 0 Å². The molecule has 0 aromatic heterocycles. The van der Waals surface area contributed by atoms with Crippen LogP contribution in [0.1, 0.15) is 31.4 Å². The van der Waals surface area contributed by atoms with Crippen molar-refractivity contribution in [1.29, 1.82) is 0 Å². The van der Waals surface area contributed by atoms with E-state index in [0.29, 0.717) is 24.4 Å². The van der Waals surface area contributed by atoms with E-state index in [9.17, 15) is 19.2 Å². The van der Waals surface area contributed by atoms with Crippen molar-refractivity contribution in [2.24, 2.45) is 11.7 Å². The van der Waals surface area contributed by atoms with Gasteiger partial charge in [0.1, 0.15) is 12.1 Å². The van der Waals surface area contributed by atoms with Gasteiger partial charge in [0, 0.05) is 38.0 Å². The fourth-order valence-corrected chi connectivity index (χ4v) is 5.48. The van der Waals surface area contributed by atoms with Gasteiger partial charge in [-0.15, -0.1) is 0 Å². The van der Waals surface area contributed by atoms with E-state index in [2.05, 4.69) is 5.32 Å². The Kier molecular flexibility index (Phi) is 9.42. The zero-order chi connectivity index (χ0) is 28.8. The number of hydrogen-bond donors (Lipinski definition) is 2. The van der Waals surface area contributed by atoms with Crippen molar-refractivity contribution in [3.05, 3.63) is 82.9 Å². The molecular formula is C31H35ClN4O4. The number of nitrogens with zero attached hydrogens (tertiary/aromatic N) is 2. The molecule has 0 spiro atoms. The molecule has 1 fully saturated rings. The first kappa shape index (κ1) is 29.1. The minimum atomic E-state index is -0.821. The minimum absolute atomic E-state index is 0.180. The average Bonchev–Trinajstić information content (AvgIpc) is 2.93. The summed E-state index contributed by atoms with van der Waals surface area (Å²) >= 11 is 5.99. The van der Waals surface area contributed by atoms with Crippen LogP contribution in [-0.2, 0) is 32.0 Å². The van der Waals surface area contributed by atoms with Crippen molar-refractivity contribution in [3.8, 4) is 0 Å². The lowest BCUT2D eigenvalue weighted by Crippen LogP contribution is -2.63. The third-order valence-corrected chi connectivity index (χ3v) is 7.67. The largest absolute Gasteiger partial charge is 0.369 e. The lowest BCUT2D eigenvalue weighted by Gasteiger charge is -2.42. The van der Waals surface area contributed by atoms with E-state index < -0.39 is 23.9 Å². The van der Waals surface area contributed by atoms with E-state index in [0.717, 1.165) is 21.9 Å². The van der Waals surface area contributed by atoms with Crippen LogP contribution in [0.15, 0.2) is 66.7 Å². The third kappa shape index (κ3) is 6.99. The van der Waals surface area contributed by atoms with Crippen LogP contribution >= 0.6 is 11.6 Å². The van der Waals surface area contributed by atoms with Crippen LogP contribution in [0.2, 0.25) is 5.02 Å². The second kappa shape index (κ2) is 13.0.